The Balaban J connectivity index is 1.82. The number of carbonyl (C=O) groups is 1. The molecule has 1 aliphatic carbocycles. The molecule has 0 spiro atoms. The number of carbonyl (C=O) groups excluding carboxylic acids is 1. The Morgan fingerprint density at radius 1 is 1.33 bits per heavy atom. The van der Waals surface area contributed by atoms with Crippen molar-refractivity contribution in [2.24, 2.45) is 5.41 Å². The van der Waals surface area contributed by atoms with E-state index in [0.29, 0.717) is 12.0 Å². The first-order valence-electron chi connectivity index (χ1n) is 7.72. The SMILES string of the molecule is CC1(C)CC(=O)C(C#N)=C(NCCCN2CCOCC2)C1. The predicted octanol–water partition coefficient (Wildman–Crippen LogP) is 1.47. The summed E-state index contributed by atoms with van der Waals surface area (Å²) in [5.74, 6) is -0.0237. The third-order valence-corrected chi connectivity index (χ3v) is 4.08. The number of ketones is 1. The van der Waals surface area contributed by atoms with E-state index in [9.17, 15) is 10.1 Å². The molecule has 2 rings (SSSR count). The molecule has 116 valence electrons. The number of morpholine rings is 1. The monoisotopic (exact) mass is 291 g/mol. The van der Waals surface area contributed by atoms with E-state index in [-0.39, 0.29) is 11.2 Å². The lowest BCUT2D eigenvalue weighted by Crippen LogP contribution is -2.38. The Bertz CT molecular complexity index is 457. The van der Waals surface area contributed by atoms with Gasteiger partial charge in [-0.15, -0.1) is 0 Å². The number of hydrogen-bond acceptors (Lipinski definition) is 5. The van der Waals surface area contributed by atoms with Crippen molar-refractivity contribution in [1.29, 1.82) is 5.26 Å². The van der Waals surface area contributed by atoms with Gasteiger partial charge in [-0.2, -0.15) is 5.26 Å². The molecular weight excluding hydrogens is 266 g/mol. The molecule has 1 heterocycles. The standard InChI is InChI=1S/C16H25N3O2/c1-16(2)10-14(13(12-17)15(20)11-16)18-4-3-5-19-6-8-21-9-7-19/h18H,3-11H2,1-2H3. The number of rotatable bonds is 5. The van der Waals surface area contributed by atoms with Gasteiger partial charge in [0.05, 0.1) is 13.2 Å². The summed E-state index contributed by atoms with van der Waals surface area (Å²) < 4.78 is 5.33. The second-order valence-corrected chi connectivity index (χ2v) is 6.64. The van der Waals surface area contributed by atoms with Crippen LogP contribution in [0.5, 0.6) is 0 Å². The summed E-state index contributed by atoms with van der Waals surface area (Å²) in [6.07, 6.45) is 2.25. The van der Waals surface area contributed by atoms with Crippen LogP contribution < -0.4 is 5.32 Å². The molecule has 0 aromatic heterocycles. The Morgan fingerprint density at radius 3 is 2.71 bits per heavy atom. The van der Waals surface area contributed by atoms with Gasteiger partial charge in [0.2, 0.25) is 0 Å². The molecule has 1 fully saturated rings. The van der Waals surface area contributed by atoms with Gasteiger partial charge in [-0.25, -0.2) is 0 Å². The molecule has 0 atom stereocenters. The largest absolute Gasteiger partial charge is 0.387 e. The highest BCUT2D eigenvalue weighted by atomic mass is 16.5. The third-order valence-electron chi connectivity index (χ3n) is 4.08. The number of Topliss-reactive ketones (excluding diaryl/α,β-unsaturated/α-hetero) is 1. The minimum atomic E-state index is -0.0516. The molecule has 21 heavy (non-hydrogen) atoms. The van der Waals surface area contributed by atoms with Crippen LogP contribution in [0.4, 0.5) is 0 Å². The van der Waals surface area contributed by atoms with Gasteiger partial charge in [0, 0.05) is 31.8 Å². The van der Waals surface area contributed by atoms with Crippen LogP contribution >= 0.6 is 0 Å². The first kappa shape index (κ1) is 16.0. The number of allylic oxidation sites excluding steroid dienone is 2. The van der Waals surface area contributed by atoms with E-state index in [0.717, 1.165) is 57.9 Å². The lowest BCUT2D eigenvalue weighted by atomic mass is 9.76. The normalized spacial score (nSPS) is 23.0. The fourth-order valence-corrected chi connectivity index (χ4v) is 2.97. The molecule has 0 radical (unpaired) electrons. The van der Waals surface area contributed by atoms with Crippen molar-refractivity contribution in [1.82, 2.24) is 10.2 Å². The second kappa shape index (κ2) is 7.06. The van der Waals surface area contributed by atoms with Crippen LogP contribution in [0.25, 0.3) is 0 Å². The zero-order valence-electron chi connectivity index (χ0n) is 13.1. The lowest BCUT2D eigenvalue weighted by Gasteiger charge is -2.31. The van der Waals surface area contributed by atoms with Crippen LogP contribution in [-0.2, 0) is 9.53 Å². The maximum atomic E-state index is 12.0. The summed E-state index contributed by atoms with van der Waals surface area (Å²) in [4.78, 5) is 14.4. The predicted molar refractivity (Wildman–Crippen MR) is 80.5 cm³/mol. The molecule has 5 nitrogen and oxygen atoms in total. The molecule has 0 saturated carbocycles. The van der Waals surface area contributed by atoms with Crippen LogP contribution in [0.3, 0.4) is 0 Å². The van der Waals surface area contributed by atoms with Crippen molar-refractivity contribution in [3.63, 3.8) is 0 Å². The minimum absolute atomic E-state index is 0.0237. The van der Waals surface area contributed by atoms with Crippen LogP contribution in [0.15, 0.2) is 11.3 Å². The van der Waals surface area contributed by atoms with E-state index in [2.05, 4.69) is 30.1 Å². The Kier molecular flexibility index (Phi) is 5.38. The summed E-state index contributed by atoms with van der Waals surface area (Å²) >= 11 is 0. The molecule has 0 unspecified atom stereocenters. The highest BCUT2D eigenvalue weighted by molar-refractivity contribution is 6.01. The maximum absolute atomic E-state index is 12.0. The zero-order chi connectivity index (χ0) is 15.3. The summed E-state index contributed by atoms with van der Waals surface area (Å²) in [5, 5.41) is 12.5. The highest BCUT2D eigenvalue weighted by Gasteiger charge is 2.32. The van der Waals surface area contributed by atoms with E-state index in [1.165, 1.54) is 0 Å². The van der Waals surface area contributed by atoms with E-state index < -0.39 is 0 Å². The Morgan fingerprint density at radius 2 is 2.05 bits per heavy atom. The minimum Gasteiger partial charge on any atom is -0.387 e. The summed E-state index contributed by atoms with van der Waals surface area (Å²) in [5.41, 5.74) is 1.12. The van der Waals surface area contributed by atoms with Gasteiger partial charge in [-0.05, 0) is 24.8 Å². The zero-order valence-corrected chi connectivity index (χ0v) is 13.1. The molecule has 0 aromatic carbocycles. The molecule has 1 saturated heterocycles. The first-order valence-corrected chi connectivity index (χ1v) is 7.72. The average Bonchev–Trinajstić information content (AvgIpc) is 2.43. The second-order valence-electron chi connectivity index (χ2n) is 6.64. The number of hydrogen-bond donors (Lipinski definition) is 1. The van der Waals surface area contributed by atoms with E-state index >= 15 is 0 Å². The van der Waals surface area contributed by atoms with E-state index in [1.54, 1.807) is 0 Å². The van der Waals surface area contributed by atoms with Gasteiger partial charge < -0.3 is 10.1 Å². The topological polar surface area (TPSA) is 65.4 Å². The molecule has 0 amide bonds. The van der Waals surface area contributed by atoms with E-state index in [1.807, 2.05) is 0 Å². The van der Waals surface area contributed by atoms with Gasteiger partial charge in [-0.1, -0.05) is 13.8 Å². The van der Waals surface area contributed by atoms with E-state index in [4.69, 9.17) is 4.74 Å². The van der Waals surface area contributed by atoms with Gasteiger partial charge in [0.15, 0.2) is 5.78 Å². The smallest absolute Gasteiger partial charge is 0.175 e. The van der Waals surface area contributed by atoms with Gasteiger partial charge >= 0.3 is 0 Å². The number of ether oxygens (including phenoxy) is 1. The van der Waals surface area contributed by atoms with Crippen molar-refractivity contribution < 1.29 is 9.53 Å². The average molecular weight is 291 g/mol. The van der Waals surface area contributed by atoms with Gasteiger partial charge in [0.25, 0.3) is 0 Å². The first-order chi connectivity index (χ1) is 10.0. The maximum Gasteiger partial charge on any atom is 0.175 e. The van der Waals surface area contributed by atoms with Crippen molar-refractivity contribution in [2.75, 3.05) is 39.4 Å². The fourth-order valence-electron chi connectivity index (χ4n) is 2.97. The molecular formula is C16H25N3O2. The number of nitrogens with zero attached hydrogens (tertiary/aromatic N) is 2. The van der Waals surface area contributed by atoms with Crippen LogP contribution in [-0.4, -0.2) is 50.1 Å². The lowest BCUT2D eigenvalue weighted by molar-refractivity contribution is -0.117. The third kappa shape index (κ3) is 4.55. The molecule has 0 aromatic rings. The van der Waals surface area contributed by atoms with Gasteiger partial charge in [0.1, 0.15) is 11.6 Å². The van der Waals surface area contributed by atoms with Crippen LogP contribution in [0.2, 0.25) is 0 Å². The summed E-state index contributed by atoms with van der Waals surface area (Å²) in [7, 11) is 0. The van der Waals surface area contributed by atoms with Crippen molar-refractivity contribution in [2.45, 2.75) is 33.1 Å². The molecule has 1 N–H and O–H groups in total. The Labute approximate surface area is 126 Å². The number of nitriles is 1. The fraction of sp³-hybridized carbons (Fsp3) is 0.750. The van der Waals surface area contributed by atoms with Crippen LogP contribution in [0, 0.1) is 16.7 Å². The Hall–Kier alpha value is -1.38. The van der Waals surface area contributed by atoms with Crippen molar-refractivity contribution in [3.8, 4) is 6.07 Å². The molecule has 5 heteroatoms. The molecule has 1 aliphatic heterocycles. The highest BCUT2D eigenvalue weighted by Crippen LogP contribution is 2.35. The molecule has 2 aliphatic rings. The number of nitrogens with one attached hydrogen (secondary N) is 1. The quantitative estimate of drug-likeness (QED) is 0.777. The summed E-state index contributed by atoms with van der Waals surface area (Å²) in [6.45, 7) is 9.63. The van der Waals surface area contributed by atoms with Gasteiger partial charge in [-0.3, -0.25) is 9.69 Å². The summed E-state index contributed by atoms with van der Waals surface area (Å²) in [6, 6.07) is 2.07. The van der Waals surface area contributed by atoms with Crippen LogP contribution in [0.1, 0.15) is 33.1 Å². The van der Waals surface area contributed by atoms with Crippen molar-refractivity contribution in [3.05, 3.63) is 11.3 Å². The molecule has 0 bridgehead atoms. The van der Waals surface area contributed by atoms with Crippen molar-refractivity contribution >= 4 is 5.78 Å².